The Hall–Kier alpha value is -1.89. The van der Waals surface area contributed by atoms with Gasteiger partial charge in [0.2, 0.25) is 5.91 Å². The zero-order chi connectivity index (χ0) is 14.9. The van der Waals surface area contributed by atoms with Gasteiger partial charge in [-0.3, -0.25) is 9.59 Å². The van der Waals surface area contributed by atoms with Crippen LogP contribution in [-0.2, 0) is 26.0 Å². The van der Waals surface area contributed by atoms with E-state index in [2.05, 4.69) is 5.32 Å². The second kappa shape index (κ2) is 5.24. The Bertz CT molecular complexity index is 635. The van der Waals surface area contributed by atoms with Gasteiger partial charge in [-0.25, -0.2) is 8.42 Å². The van der Waals surface area contributed by atoms with Gasteiger partial charge in [0, 0.05) is 12.8 Å². The summed E-state index contributed by atoms with van der Waals surface area (Å²) in [4.78, 5) is 22.5. The van der Waals surface area contributed by atoms with Crippen molar-refractivity contribution in [2.24, 2.45) is 11.8 Å². The van der Waals surface area contributed by atoms with Crippen LogP contribution in [0.1, 0.15) is 12.0 Å². The van der Waals surface area contributed by atoms with Crippen molar-refractivity contribution in [3.63, 3.8) is 0 Å². The Kier molecular flexibility index (Phi) is 3.80. The maximum Gasteiger partial charge on any atom is 0.307 e. The molecule has 2 atom stereocenters. The summed E-state index contributed by atoms with van der Waals surface area (Å²) in [5.41, 5.74) is 0.762. The number of amides is 1. The quantitative estimate of drug-likeness (QED) is 0.820. The molecule has 7 heteroatoms. The summed E-state index contributed by atoms with van der Waals surface area (Å²) in [6.45, 7) is 0.256. The lowest BCUT2D eigenvalue weighted by Crippen LogP contribution is -2.25. The number of hydrogen-bond acceptors (Lipinski definition) is 4. The summed E-state index contributed by atoms with van der Waals surface area (Å²) in [7, 11) is -3.22. The van der Waals surface area contributed by atoms with E-state index in [-0.39, 0.29) is 17.3 Å². The van der Waals surface area contributed by atoms with Crippen LogP contribution in [0.5, 0.6) is 0 Å². The van der Waals surface area contributed by atoms with E-state index in [4.69, 9.17) is 5.11 Å². The predicted molar refractivity (Wildman–Crippen MR) is 70.6 cm³/mol. The molecule has 2 rings (SSSR count). The molecule has 6 nitrogen and oxygen atoms in total. The Balaban J connectivity index is 1.89. The lowest BCUT2D eigenvalue weighted by Gasteiger charge is -2.05. The number of sulfone groups is 1. The molecule has 0 bridgehead atoms. The molecular formula is C13H15NO5S. The fourth-order valence-electron chi connectivity index (χ4n) is 1.93. The fourth-order valence-corrected chi connectivity index (χ4v) is 2.56. The van der Waals surface area contributed by atoms with E-state index in [1.165, 1.54) is 12.1 Å². The first-order valence-electron chi connectivity index (χ1n) is 6.08. The van der Waals surface area contributed by atoms with Gasteiger partial charge in [0.1, 0.15) is 0 Å². The smallest absolute Gasteiger partial charge is 0.307 e. The summed E-state index contributed by atoms with van der Waals surface area (Å²) in [5.74, 6) is -2.22. The second-order valence-corrected chi connectivity index (χ2v) is 6.94. The first-order chi connectivity index (χ1) is 9.29. The molecule has 0 aliphatic heterocycles. The van der Waals surface area contributed by atoms with Crippen LogP contribution in [0.15, 0.2) is 29.2 Å². The maximum atomic E-state index is 11.6. The van der Waals surface area contributed by atoms with Gasteiger partial charge < -0.3 is 10.4 Å². The molecule has 108 valence electrons. The van der Waals surface area contributed by atoms with Crippen molar-refractivity contribution in [3.05, 3.63) is 29.8 Å². The van der Waals surface area contributed by atoms with Gasteiger partial charge in [0.15, 0.2) is 9.84 Å². The number of carboxylic acids is 1. The van der Waals surface area contributed by atoms with Crippen LogP contribution in [-0.4, -0.2) is 31.7 Å². The number of carboxylic acid groups (broad SMARTS) is 1. The SMILES string of the molecule is CS(=O)(=O)c1ccc(CNC(=O)[C@@H]2C[C@@H]2C(=O)O)cc1. The number of carbonyl (C=O) groups excluding carboxylic acids is 1. The highest BCUT2D eigenvalue weighted by atomic mass is 32.2. The van der Waals surface area contributed by atoms with Crippen molar-refractivity contribution >= 4 is 21.7 Å². The minimum atomic E-state index is -3.22. The van der Waals surface area contributed by atoms with Crippen molar-refractivity contribution in [2.75, 3.05) is 6.26 Å². The van der Waals surface area contributed by atoms with E-state index in [0.717, 1.165) is 11.8 Å². The van der Waals surface area contributed by atoms with Gasteiger partial charge >= 0.3 is 5.97 Å². The van der Waals surface area contributed by atoms with Crippen molar-refractivity contribution in [2.45, 2.75) is 17.9 Å². The van der Waals surface area contributed by atoms with Gasteiger partial charge in [0.05, 0.1) is 16.7 Å². The van der Waals surface area contributed by atoms with E-state index < -0.39 is 27.6 Å². The summed E-state index contributed by atoms with van der Waals surface area (Å²) < 4.78 is 22.6. The Morgan fingerprint density at radius 1 is 1.25 bits per heavy atom. The van der Waals surface area contributed by atoms with Crippen molar-refractivity contribution in [3.8, 4) is 0 Å². The third-order valence-corrected chi connectivity index (χ3v) is 4.39. The highest BCUT2D eigenvalue weighted by molar-refractivity contribution is 7.90. The highest BCUT2D eigenvalue weighted by Crippen LogP contribution is 2.38. The molecule has 1 aromatic carbocycles. The molecule has 1 aromatic rings. The number of benzene rings is 1. The van der Waals surface area contributed by atoms with Crippen LogP contribution >= 0.6 is 0 Å². The zero-order valence-electron chi connectivity index (χ0n) is 10.9. The Morgan fingerprint density at radius 3 is 2.30 bits per heavy atom. The fraction of sp³-hybridized carbons (Fsp3) is 0.385. The first kappa shape index (κ1) is 14.5. The van der Waals surface area contributed by atoms with Crippen LogP contribution in [0, 0.1) is 11.8 Å². The van der Waals surface area contributed by atoms with E-state index in [1.54, 1.807) is 12.1 Å². The average Bonchev–Trinajstić information content (AvgIpc) is 3.15. The monoisotopic (exact) mass is 297 g/mol. The van der Waals surface area contributed by atoms with Crippen molar-refractivity contribution in [1.82, 2.24) is 5.32 Å². The minimum absolute atomic E-state index is 0.223. The van der Waals surface area contributed by atoms with Gasteiger partial charge in [0.25, 0.3) is 0 Å². The molecule has 0 spiro atoms. The van der Waals surface area contributed by atoms with E-state index in [9.17, 15) is 18.0 Å². The molecule has 0 unspecified atom stereocenters. The Labute approximate surface area is 116 Å². The van der Waals surface area contributed by atoms with Crippen LogP contribution in [0.2, 0.25) is 0 Å². The molecule has 2 N–H and O–H groups in total. The summed E-state index contributed by atoms with van der Waals surface area (Å²) >= 11 is 0. The lowest BCUT2D eigenvalue weighted by molar-refractivity contribution is -0.140. The van der Waals surface area contributed by atoms with E-state index in [1.807, 2.05) is 0 Å². The standard InChI is InChI=1S/C13H15NO5S/c1-20(18,19)9-4-2-8(3-5-9)7-14-12(15)10-6-11(10)13(16)17/h2-5,10-11H,6-7H2,1H3,(H,14,15)(H,16,17)/t10-,11+/m1/s1. The predicted octanol–water partition coefficient (Wildman–Crippen LogP) is 0.427. The summed E-state index contributed by atoms with van der Waals surface area (Å²) in [6.07, 6.45) is 1.51. The van der Waals surface area contributed by atoms with Gasteiger partial charge in [-0.15, -0.1) is 0 Å². The lowest BCUT2D eigenvalue weighted by atomic mass is 10.2. The van der Waals surface area contributed by atoms with Crippen LogP contribution in [0.25, 0.3) is 0 Å². The van der Waals surface area contributed by atoms with Gasteiger partial charge in [-0.05, 0) is 24.1 Å². The molecular weight excluding hydrogens is 282 g/mol. The van der Waals surface area contributed by atoms with Crippen LogP contribution in [0.4, 0.5) is 0 Å². The van der Waals surface area contributed by atoms with Crippen LogP contribution in [0.3, 0.4) is 0 Å². The van der Waals surface area contributed by atoms with E-state index >= 15 is 0 Å². The summed E-state index contributed by atoms with van der Waals surface area (Å²) in [5, 5.41) is 11.4. The first-order valence-corrected chi connectivity index (χ1v) is 7.97. The largest absolute Gasteiger partial charge is 0.481 e. The van der Waals surface area contributed by atoms with Crippen molar-refractivity contribution in [1.29, 1.82) is 0 Å². The van der Waals surface area contributed by atoms with E-state index in [0.29, 0.717) is 6.42 Å². The molecule has 1 saturated carbocycles. The van der Waals surface area contributed by atoms with Gasteiger partial charge in [-0.2, -0.15) is 0 Å². The van der Waals surface area contributed by atoms with Crippen molar-refractivity contribution < 1.29 is 23.1 Å². The maximum absolute atomic E-state index is 11.6. The topological polar surface area (TPSA) is 101 Å². The number of carbonyl (C=O) groups is 2. The molecule has 1 aliphatic rings. The number of nitrogens with one attached hydrogen (secondary N) is 1. The van der Waals surface area contributed by atoms with Gasteiger partial charge in [-0.1, -0.05) is 12.1 Å². The highest BCUT2D eigenvalue weighted by Gasteiger charge is 2.48. The normalized spacial score (nSPS) is 21.2. The molecule has 0 heterocycles. The van der Waals surface area contributed by atoms with Crippen LogP contribution < -0.4 is 5.32 Å². The molecule has 1 aliphatic carbocycles. The molecule has 1 amide bonds. The minimum Gasteiger partial charge on any atom is -0.481 e. The molecule has 1 fully saturated rings. The molecule has 20 heavy (non-hydrogen) atoms. The number of aliphatic carboxylic acids is 1. The third-order valence-electron chi connectivity index (χ3n) is 3.26. The second-order valence-electron chi connectivity index (χ2n) is 4.92. The average molecular weight is 297 g/mol. The molecule has 0 radical (unpaired) electrons. The number of hydrogen-bond donors (Lipinski definition) is 2. The number of rotatable bonds is 5. The zero-order valence-corrected chi connectivity index (χ0v) is 11.7. The molecule has 0 saturated heterocycles. The Morgan fingerprint density at radius 2 is 1.85 bits per heavy atom. The third kappa shape index (κ3) is 3.36. The summed E-state index contributed by atoms with van der Waals surface area (Å²) in [6, 6.07) is 6.21. The molecule has 0 aromatic heterocycles.